The molecule has 0 unspecified atom stereocenters. The quantitative estimate of drug-likeness (QED) is 0.877. The van der Waals surface area contributed by atoms with Crippen LogP contribution in [0.4, 0.5) is 0 Å². The number of nitrogens with one attached hydrogen (secondary N) is 1. The van der Waals surface area contributed by atoms with Crippen LogP contribution < -0.4 is 5.32 Å². The van der Waals surface area contributed by atoms with Crippen LogP contribution in [0.5, 0.6) is 0 Å². The highest BCUT2D eigenvalue weighted by molar-refractivity contribution is 7.92. The van der Waals surface area contributed by atoms with Gasteiger partial charge in [-0.1, -0.05) is 30.3 Å². The second-order valence-corrected chi connectivity index (χ2v) is 7.88. The fourth-order valence-corrected chi connectivity index (χ4v) is 3.60. The van der Waals surface area contributed by atoms with Gasteiger partial charge in [-0.2, -0.15) is 0 Å². The van der Waals surface area contributed by atoms with Crippen LogP contribution in [0.25, 0.3) is 0 Å². The van der Waals surface area contributed by atoms with E-state index in [0.29, 0.717) is 19.6 Å². The molecule has 1 N–H and O–H groups in total. The van der Waals surface area contributed by atoms with Gasteiger partial charge in [0.15, 0.2) is 9.84 Å². The van der Waals surface area contributed by atoms with E-state index in [1.807, 2.05) is 37.3 Å². The van der Waals surface area contributed by atoms with Crippen molar-refractivity contribution in [3.05, 3.63) is 35.9 Å². The van der Waals surface area contributed by atoms with Crippen molar-refractivity contribution in [1.29, 1.82) is 0 Å². The zero-order valence-corrected chi connectivity index (χ0v) is 13.3. The van der Waals surface area contributed by atoms with E-state index >= 15 is 0 Å². The summed E-state index contributed by atoms with van der Waals surface area (Å²) in [4.78, 5) is 14.3. The Bertz CT molecular complexity index is 586. The molecule has 1 aromatic rings. The van der Waals surface area contributed by atoms with Gasteiger partial charge in [-0.25, -0.2) is 8.42 Å². The highest BCUT2D eigenvalue weighted by Gasteiger charge is 2.34. The second-order valence-electron chi connectivity index (χ2n) is 5.65. The van der Waals surface area contributed by atoms with E-state index in [1.54, 1.807) is 4.90 Å². The van der Waals surface area contributed by atoms with Crippen LogP contribution in [0.3, 0.4) is 0 Å². The molecule has 1 aliphatic heterocycles. The lowest BCUT2D eigenvalue weighted by Crippen LogP contribution is -2.55. The summed E-state index contributed by atoms with van der Waals surface area (Å²) in [5, 5.41) is 2.26. The van der Waals surface area contributed by atoms with Crippen molar-refractivity contribution in [2.75, 3.05) is 25.9 Å². The normalized spacial score (nSPS) is 21.0. The Labute approximate surface area is 126 Å². The first kappa shape index (κ1) is 16.0. The molecule has 21 heavy (non-hydrogen) atoms. The first-order valence-electron chi connectivity index (χ1n) is 7.13. The first-order valence-corrected chi connectivity index (χ1v) is 9.08. The number of carbonyl (C=O) groups excluding carboxylic acids is 1. The van der Waals surface area contributed by atoms with Gasteiger partial charge in [0.05, 0.1) is 0 Å². The van der Waals surface area contributed by atoms with Crippen molar-refractivity contribution < 1.29 is 13.2 Å². The number of hydrogen-bond donors (Lipinski definition) is 1. The Balaban J connectivity index is 2.18. The van der Waals surface area contributed by atoms with Crippen molar-refractivity contribution >= 4 is 15.7 Å². The summed E-state index contributed by atoms with van der Waals surface area (Å²) in [5.74, 6) is -0.283. The Morgan fingerprint density at radius 3 is 2.62 bits per heavy atom. The summed E-state index contributed by atoms with van der Waals surface area (Å²) in [6.45, 7) is 3.81. The van der Waals surface area contributed by atoms with Gasteiger partial charge in [0.25, 0.3) is 0 Å². The molecule has 1 aromatic carbocycles. The molecule has 2 atom stereocenters. The van der Waals surface area contributed by atoms with Crippen LogP contribution in [0, 0.1) is 0 Å². The second kappa shape index (κ2) is 6.58. The Kier molecular flexibility index (Phi) is 5.00. The van der Waals surface area contributed by atoms with E-state index in [0.717, 1.165) is 11.8 Å². The SMILES string of the molecule is C[C@@H]1CN(C(=O)[C@@H](Cc2ccccc2)S(C)(=O)=O)CCN1. The Hall–Kier alpha value is -1.40. The van der Waals surface area contributed by atoms with Gasteiger partial charge in [0, 0.05) is 31.9 Å². The number of hydrogen-bond acceptors (Lipinski definition) is 4. The van der Waals surface area contributed by atoms with Gasteiger partial charge in [0.1, 0.15) is 5.25 Å². The van der Waals surface area contributed by atoms with Gasteiger partial charge in [-0.3, -0.25) is 4.79 Å². The predicted molar refractivity (Wildman–Crippen MR) is 82.8 cm³/mol. The molecule has 1 amide bonds. The summed E-state index contributed by atoms with van der Waals surface area (Å²) in [5.41, 5.74) is 0.865. The van der Waals surface area contributed by atoms with Crippen LogP contribution in [0.2, 0.25) is 0 Å². The Morgan fingerprint density at radius 2 is 2.05 bits per heavy atom. The van der Waals surface area contributed by atoms with Gasteiger partial charge in [-0.05, 0) is 18.9 Å². The molecule has 0 spiro atoms. The molecular weight excluding hydrogens is 288 g/mol. The molecule has 6 heteroatoms. The van der Waals surface area contributed by atoms with Crippen molar-refractivity contribution in [3.63, 3.8) is 0 Å². The minimum absolute atomic E-state index is 0.194. The minimum atomic E-state index is -3.44. The molecule has 1 saturated heterocycles. The zero-order chi connectivity index (χ0) is 15.5. The van der Waals surface area contributed by atoms with E-state index in [1.165, 1.54) is 0 Å². The number of piperazine rings is 1. The molecule has 116 valence electrons. The molecular formula is C15H22N2O3S. The molecule has 0 saturated carbocycles. The molecule has 1 fully saturated rings. The molecule has 1 aliphatic rings. The van der Waals surface area contributed by atoms with E-state index in [2.05, 4.69) is 5.32 Å². The highest BCUT2D eigenvalue weighted by Crippen LogP contribution is 2.14. The van der Waals surface area contributed by atoms with Gasteiger partial charge >= 0.3 is 0 Å². The van der Waals surface area contributed by atoms with Gasteiger partial charge < -0.3 is 10.2 Å². The number of benzene rings is 1. The average Bonchev–Trinajstić information content (AvgIpc) is 2.44. The summed E-state index contributed by atoms with van der Waals surface area (Å²) in [6.07, 6.45) is 1.38. The summed E-state index contributed by atoms with van der Waals surface area (Å²) in [7, 11) is -3.44. The third-order valence-electron chi connectivity index (χ3n) is 3.74. The maximum absolute atomic E-state index is 12.6. The van der Waals surface area contributed by atoms with E-state index in [9.17, 15) is 13.2 Å². The smallest absolute Gasteiger partial charge is 0.241 e. The van der Waals surface area contributed by atoms with Crippen LogP contribution >= 0.6 is 0 Å². The number of rotatable bonds is 4. The topological polar surface area (TPSA) is 66.5 Å². The average molecular weight is 310 g/mol. The van der Waals surface area contributed by atoms with Crippen LogP contribution in [-0.2, 0) is 21.1 Å². The van der Waals surface area contributed by atoms with Gasteiger partial charge in [0.2, 0.25) is 5.91 Å². The molecule has 0 bridgehead atoms. The van der Waals surface area contributed by atoms with Crippen LogP contribution in [0.15, 0.2) is 30.3 Å². The number of sulfone groups is 1. The monoisotopic (exact) mass is 310 g/mol. The molecule has 0 radical (unpaired) electrons. The van der Waals surface area contributed by atoms with Crippen molar-refractivity contribution in [2.45, 2.75) is 24.6 Å². The number of amides is 1. The molecule has 0 aromatic heterocycles. The maximum atomic E-state index is 12.6. The van der Waals surface area contributed by atoms with Crippen molar-refractivity contribution in [3.8, 4) is 0 Å². The molecule has 2 rings (SSSR count). The minimum Gasteiger partial charge on any atom is -0.339 e. The Morgan fingerprint density at radius 1 is 1.38 bits per heavy atom. The number of carbonyl (C=O) groups is 1. The van der Waals surface area contributed by atoms with Crippen LogP contribution in [-0.4, -0.2) is 56.4 Å². The van der Waals surface area contributed by atoms with Crippen molar-refractivity contribution in [1.82, 2.24) is 10.2 Å². The third kappa shape index (κ3) is 4.28. The molecule has 1 heterocycles. The number of nitrogens with zero attached hydrogens (tertiary/aromatic N) is 1. The lowest BCUT2D eigenvalue weighted by atomic mass is 10.1. The molecule has 5 nitrogen and oxygen atoms in total. The summed E-state index contributed by atoms with van der Waals surface area (Å²) in [6, 6.07) is 9.48. The third-order valence-corrected chi connectivity index (χ3v) is 5.14. The van der Waals surface area contributed by atoms with E-state index in [-0.39, 0.29) is 18.4 Å². The lowest BCUT2D eigenvalue weighted by molar-refractivity contribution is -0.131. The van der Waals surface area contributed by atoms with E-state index in [4.69, 9.17) is 0 Å². The first-order chi connectivity index (χ1) is 9.88. The van der Waals surface area contributed by atoms with Crippen LogP contribution in [0.1, 0.15) is 12.5 Å². The standard InChI is InChI=1S/C15H22N2O3S/c1-12-11-17(9-8-16-12)15(18)14(21(2,19)20)10-13-6-4-3-5-7-13/h3-7,12,14,16H,8-11H2,1-2H3/t12-,14-/m1/s1. The largest absolute Gasteiger partial charge is 0.339 e. The van der Waals surface area contributed by atoms with E-state index < -0.39 is 15.1 Å². The fourth-order valence-electron chi connectivity index (χ4n) is 2.59. The molecule has 0 aliphatic carbocycles. The summed E-state index contributed by atoms with van der Waals surface area (Å²) < 4.78 is 24.1. The predicted octanol–water partition coefficient (Wildman–Crippen LogP) is 0.463. The lowest BCUT2D eigenvalue weighted by Gasteiger charge is -2.34. The fraction of sp³-hybridized carbons (Fsp3) is 0.533. The maximum Gasteiger partial charge on any atom is 0.241 e. The highest BCUT2D eigenvalue weighted by atomic mass is 32.2. The summed E-state index contributed by atoms with van der Waals surface area (Å²) >= 11 is 0. The van der Waals surface area contributed by atoms with Gasteiger partial charge in [-0.15, -0.1) is 0 Å². The van der Waals surface area contributed by atoms with Crippen molar-refractivity contribution in [2.24, 2.45) is 0 Å². The zero-order valence-electron chi connectivity index (χ0n) is 12.5.